The normalized spacial score (nSPS) is 11.0. The molecule has 0 saturated heterocycles. The molecular weight excluding hydrogens is 187 g/mol. The van der Waals surface area contributed by atoms with E-state index in [1.807, 2.05) is 0 Å². The van der Waals surface area contributed by atoms with Crippen LogP contribution in [0, 0.1) is 5.82 Å². The number of rotatable bonds is 2. The molecule has 2 N–H and O–H groups in total. The Kier molecular flexibility index (Phi) is 2.09. The Morgan fingerprint density at radius 1 is 1.43 bits per heavy atom. The topological polar surface area (TPSA) is 57.9 Å². The Balaban J connectivity index is 2.67. The Morgan fingerprint density at radius 2 is 2.21 bits per heavy atom. The van der Waals surface area contributed by atoms with Gasteiger partial charge in [0.2, 0.25) is 0 Å². The van der Waals surface area contributed by atoms with Crippen molar-refractivity contribution < 1.29 is 9.13 Å². The molecule has 0 amide bonds. The third-order valence-corrected chi connectivity index (χ3v) is 2.01. The van der Waals surface area contributed by atoms with Crippen molar-refractivity contribution in [3.05, 3.63) is 34.0 Å². The summed E-state index contributed by atoms with van der Waals surface area (Å²) in [6.07, 6.45) is 0. The second-order valence-electron chi connectivity index (χ2n) is 2.97. The van der Waals surface area contributed by atoms with Gasteiger partial charge in [-0.2, -0.15) is 0 Å². The summed E-state index contributed by atoms with van der Waals surface area (Å²) >= 11 is 0. The maximum absolute atomic E-state index is 13.6. The van der Waals surface area contributed by atoms with Crippen LogP contribution in [0.2, 0.25) is 0 Å². The highest BCUT2D eigenvalue weighted by Gasteiger charge is 2.09. The van der Waals surface area contributed by atoms with E-state index in [0.717, 1.165) is 0 Å². The largest absolute Gasteiger partial charge is 0.380 e. The molecule has 0 aliphatic carbocycles. The van der Waals surface area contributed by atoms with Gasteiger partial charge in [-0.3, -0.25) is 0 Å². The van der Waals surface area contributed by atoms with Crippen molar-refractivity contribution in [1.29, 1.82) is 0 Å². The predicted octanol–water partition coefficient (Wildman–Crippen LogP) is 1.14. The highest BCUT2D eigenvalue weighted by Crippen LogP contribution is 2.16. The number of ether oxygens (including phenoxy) is 1. The van der Waals surface area contributed by atoms with E-state index < -0.39 is 11.5 Å². The first kappa shape index (κ1) is 8.96. The number of hydrogen-bond acceptors (Lipinski definition) is 2. The van der Waals surface area contributed by atoms with Gasteiger partial charge in [-0.1, -0.05) is 6.07 Å². The van der Waals surface area contributed by atoms with Crippen LogP contribution in [0.25, 0.3) is 11.0 Å². The van der Waals surface area contributed by atoms with Crippen molar-refractivity contribution in [2.45, 2.75) is 6.61 Å². The fourth-order valence-corrected chi connectivity index (χ4v) is 1.38. The van der Waals surface area contributed by atoms with E-state index in [2.05, 4.69) is 9.97 Å². The number of imidazole rings is 1. The SMILES string of the molecule is COCc1ccc2[nH]c(=O)[nH]c2c1F. The van der Waals surface area contributed by atoms with Crippen molar-refractivity contribution >= 4 is 11.0 Å². The molecule has 0 radical (unpaired) electrons. The summed E-state index contributed by atoms with van der Waals surface area (Å²) in [6.45, 7) is 0.189. The minimum absolute atomic E-state index is 0.189. The number of benzene rings is 1. The number of nitrogens with one attached hydrogen (secondary N) is 2. The number of halogens is 1. The molecule has 5 heteroatoms. The van der Waals surface area contributed by atoms with Crippen LogP contribution in [-0.2, 0) is 11.3 Å². The van der Waals surface area contributed by atoms with E-state index in [1.54, 1.807) is 12.1 Å². The lowest BCUT2D eigenvalue weighted by Gasteiger charge is -2.01. The quantitative estimate of drug-likeness (QED) is 0.756. The molecule has 1 heterocycles. The molecule has 74 valence electrons. The Hall–Kier alpha value is -1.62. The second kappa shape index (κ2) is 3.26. The zero-order chi connectivity index (χ0) is 10.1. The summed E-state index contributed by atoms with van der Waals surface area (Å²) in [5.74, 6) is -0.442. The van der Waals surface area contributed by atoms with Gasteiger partial charge in [0.25, 0.3) is 0 Å². The minimum atomic E-state index is -0.442. The molecule has 14 heavy (non-hydrogen) atoms. The summed E-state index contributed by atoms with van der Waals surface area (Å²) in [7, 11) is 1.49. The highest BCUT2D eigenvalue weighted by molar-refractivity contribution is 5.75. The molecule has 0 saturated carbocycles. The lowest BCUT2D eigenvalue weighted by atomic mass is 10.2. The van der Waals surface area contributed by atoms with E-state index >= 15 is 0 Å². The molecule has 1 aromatic heterocycles. The molecule has 0 aliphatic heterocycles. The Morgan fingerprint density at radius 3 is 2.93 bits per heavy atom. The van der Waals surface area contributed by atoms with Gasteiger partial charge in [0.05, 0.1) is 12.1 Å². The number of methoxy groups -OCH3 is 1. The first-order valence-corrected chi connectivity index (χ1v) is 4.10. The highest BCUT2D eigenvalue weighted by atomic mass is 19.1. The second-order valence-corrected chi connectivity index (χ2v) is 2.97. The Bertz CT molecular complexity index is 515. The maximum Gasteiger partial charge on any atom is 0.323 e. The van der Waals surface area contributed by atoms with E-state index in [-0.39, 0.29) is 12.1 Å². The van der Waals surface area contributed by atoms with E-state index in [9.17, 15) is 9.18 Å². The number of H-pyrrole nitrogens is 2. The fourth-order valence-electron chi connectivity index (χ4n) is 1.38. The van der Waals surface area contributed by atoms with Gasteiger partial charge in [0.15, 0.2) is 5.82 Å². The average molecular weight is 196 g/mol. The molecule has 0 atom stereocenters. The van der Waals surface area contributed by atoms with Crippen molar-refractivity contribution in [3.63, 3.8) is 0 Å². The van der Waals surface area contributed by atoms with Crippen LogP contribution in [0.1, 0.15) is 5.56 Å². The lowest BCUT2D eigenvalue weighted by molar-refractivity contribution is 0.181. The molecule has 0 unspecified atom stereocenters. The number of aromatic nitrogens is 2. The van der Waals surface area contributed by atoms with Gasteiger partial charge in [-0.15, -0.1) is 0 Å². The first-order chi connectivity index (χ1) is 6.72. The lowest BCUT2D eigenvalue weighted by Crippen LogP contribution is -1.99. The van der Waals surface area contributed by atoms with E-state index in [0.29, 0.717) is 11.1 Å². The first-order valence-electron chi connectivity index (χ1n) is 4.10. The molecular formula is C9H9FN2O2. The molecule has 1 aromatic carbocycles. The summed E-state index contributed by atoms with van der Waals surface area (Å²) < 4.78 is 18.4. The fraction of sp³-hybridized carbons (Fsp3) is 0.222. The zero-order valence-electron chi connectivity index (χ0n) is 7.56. The molecule has 0 aliphatic rings. The van der Waals surface area contributed by atoms with Gasteiger partial charge in [0.1, 0.15) is 5.52 Å². The number of hydrogen-bond donors (Lipinski definition) is 2. The number of aromatic amines is 2. The van der Waals surface area contributed by atoms with Crippen LogP contribution in [0.5, 0.6) is 0 Å². The minimum Gasteiger partial charge on any atom is -0.380 e. The van der Waals surface area contributed by atoms with Crippen molar-refractivity contribution in [3.8, 4) is 0 Å². The molecule has 0 fully saturated rings. The van der Waals surface area contributed by atoms with E-state index in [1.165, 1.54) is 7.11 Å². The predicted molar refractivity (Wildman–Crippen MR) is 49.6 cm³/mol. The van der Waals surface area contributed by atoms with Crippen molar-refractivity contribution in [1.82, 2.24) is 9.97 Å². The molecule has 0 spiro atoms. The third kappa shape index (κ3) is 1.31. The van der Waals surface area contributed by atoms with Crippen molar-refractivity contribution in [2.24, 2.45) is 0 Å². The summed E-state index contributed by atoms with van der Waals surface area (Å²) in [5, 5.41) is 0. The van der Waals surface area contributed by atoms with E-state index in [4.69, 9.17) is 4.74 Å². The van der Waals surface area contributed by atoms with Gasteiger partial charge in [-0.25, -0.2) is 9.18 Å². The van der Waals surface area contributed by atoms with Gasteiger partial charge in [-0.05, 0) is 6.07 Å². The standard InChI is InChI=1S/C9H9FN2O2/c1-14-4-5-2-3-6-8(7(5)10)12-9(13)11-6/h2-3H,4H2,1H3,(H2,11,12,13). The van der Waals surface area contributed by atoms with Crippen molar-refractivity contribution in [2.75, 3.05) is 7.11 Å². The summed E-state index contributed by atoms with van der Waals surface area (Å²) in [6, 6.07) is 3.23. The van der Waals surface area contributed by atoms with Gasteiger partial charge in [0, 0.05) is 12.7 Å². The smallest absolute Gasteiger partial charge is 0.323 e. The number of fused-ring (bicyclic) bond motifs is 1. The average Bonchev–Trinajstić information content (AvgIpc) is 2.52. The summed E-state index contributed by atoms with van der Waals surface area (Å²) in [5.41, 5.74) is 0.681. The third-order valence-electron chi connectivity index (χ3n) is 2.01. The summed E-state index contributed by atoms with van der Waals surface area (Å²) in [4.78, 5) is 15.8. The van der Waals surface area contributed by atoms with Crippen LogP contribution in [0.15, 0.2) is 16.9 Å². The maximum atomic E-state index is 13.6. The Labute approximate surface area is 78.7 Å². The van der Waals surface area contributed by atoms with Crippen LogP contribution in [0.4, 0.5) is 4.39 Å². The van der Waals surface area contributed by atoms with Crippen LogP contribution in [-0.4, -0.2) is 17.1 Å². The molecule has 4 nitrogen and oxygen atoms in total. The molecule has 2 rings (SSSR count). The monoisotopic (exact) mass is 196 g/mol. The van der Waals surface area contributed by atoms with Gasteiger partial charge < -0.3 is 14.7 Å². The molecule has 0 bridgehead atoms. The molecule has 2 aromatic rings. The zero-order valence-corrected chi connectivity index (χ0v) is 7.56. The van der Waals surface area contributed by atoms with Crippen LogP contribution < -0.4 is 5.69 Å². The van der Waals surface area contributed by atoms with Crippen LogP contribution >= 0.6 is 0 Å². The van der Waals surface area contributed by atoms with Gasteiger partial charge >= 0.3 is 5.69 Å². The van der Waals surface area contributed by atoms with Crippen LogP contribution in [0.3, 0.4) is 0 Å².